The molecular weight excluding hydrogens is 367 g/mol. The molecule has 1 unspecified atom stereocenters. The van der Waals surface area contributed by atoms with E-state index in [1.165, 1.54) is 17.2 Å². The van der Waals surface area contributed by atoms with E-state index in [1.807, 2.05) is 24.3 Å². The first kappa shape index (κ1) is 15.5. The normalized spacial score (nSPS) is 17.1. The van der Waals surface area contributed by atoms with Crippen LogP contribution in [0.5, 0.6) is 0 Å². The predicted octanol–water partition coefficient (Wildman–Crippen LogP) is 4.73. The second-order valence-electron chi connectivity index (χ2n) is 5.37. The molecule has 114 valence electrons. The fourth-order valence-corrected chi connectivity index (χ4v) is 3.69. The summed E-state index contributed by atoms with van der Waals surface area (Å²) in [6.07, 6.45) is 0.916. The number of fused-ring (bicyclic) bond motifs is 3. The SMILES string of the molecule is Cl.Fc1ccc2[nH]c3c(c2c1)CCNC3c1ccccc1Br. The highest BCUT2D eigenvalue weighted by Crippen LogP contribution is 2.36. The molecule has 1 aliphatic rings. The summed E-state index contributed by atoms with van der Waals surface area (Å²) in [7, 11) is 0. The van der Waals surface area contributed by atoms with Gasteiger partial charge in [0.1, 0.15) is 5.82 Å². The van der Waals surface area contributed by atoms with Gasteiger partial charge in [-0.15, -0.1) is 12.4 Å². The molecule has 2 N–H and O–H groups in total. The van der Waals surface area contributed by atoms with Crippen molar-refractivity contribution < 1.29 is 4.39 Å². The summed E-state index contributed by atoms with van der Waals surface area (Å²) in [6.45, 7) is 0.891. The van der Waals surface area contributed by atoms with Gasteiger partial charge in [0, 0.05) is 27.6 Å². The molecule has 22 heavy (non-hydrogen) atoms. The zero-order valence-electron chi connectivity index (χ0n) is 11.7. The van der Waals surface area contributed by atoms with Crippen molar-refractivity contribution in [2.45, 2.75) is 12.5 Å². The predicted molar refractivity (Wildman–Crippen MR) is 93.2 cm³/mol. The van der Waals surface area contributed by atoms with Crippen LogP contribution in [0.25, 0.3) is 10.9 Å². The minimum absolute atomic E-state index is 0. The molecule has 0 bridgehead atoms. The van der Waals surface area contributed by atoms with Crippen LogP contribution in [-0.2, 0) is 6.42 Å². The van der Waals surface area contributed by atoms with Crippen molar-refractivity contribution in [2.75, 3.05) is 6.54 Å². The number of halogens is 3. The van der Waals surface area contributed by atoms with E-state index in [0.717, 1.165) is 34.0 Å². The van der Waals surface area contributed by atoms with Crippen molar-refractivity contribution in [1.29, 1.82) is 0 Å². The number of hydrogen-bond acceptors (Lipinski definition) is 1. The molecule has 0 fully saturated rings. The Balaban J connectivity index is 0.00000144. The smallest absolute Gasteiger partial charge is 0.123 e. The Hall–Kier alpha value is -1.36. The quantitative estimate of drug-likeness (QED) is 0.627. The van der Waals surface area contributed by atoms with E-state index in [-0.39, 0.29) is 24.3 Å². The molecule has 4 rings (SSSR count). The first-order chi connectivity index (χ1) is 10.2. The maximum atomic E-state index is 13.5. The van der Waals surface area contributed by atoms with Crippen LogP contribution in [0.4, 0.5) is 4.39 Å². The van der Waals surface area contributed by atoms with Crippen LogP contribution in [0.3, 0.4) is 0 Å². The lowest BCUT2D eigenvalue weighted by atomic mass is 9.94. The van der Waals surface area contributed by atoms with Crippen molar-refractivity contribution in [1.82, 2.24) is 10.3 Å². The summed E-state index contributed by atoms with van der Waals surface area (Å²) < 4.78 is 14.6. The number of nitrogens with one attached hydrogen (secondary N) is 2. The molecule has 0 radical (unpaired) electrons. The number of aromatic nitrogens is 1. The summed E-state index contributed by atoms with van der Waals surface area (Å²) in [5.74, 6) is -0.180. The van der Waals surface area contributed by atoms with Crippen molar-refractivity contribution in [3.63, 3.8) is 0 Å². The highest BCUT2D eigenvalue weighted by Gasteiger charge is 2.26. The molecule has 1 aromatic heterocycles. The van der Waals surface area contributed by atoms with Crippen molar-refractivity contribution in [2.24, 2.45) is 0 Å². The Kier molecular flexibility index (Phi) is 4.26. The van der Waals surface area contributed by atoms with Crippen molar-refractivity contribution in [3.05, 3.63) is 69.6 Å². The molecule has 0 spiro atoms. The zero-order chi connectivity index (χ0) is 14.4. The summed E-state index contributed by atoms with van der Waals surface area (Å²) in [5, 5.41) is 4.56. The Labute approximate surface area is 142 Å². The van der Waals surface area contributed by atoms with Gasteiger partial charge in [-0.05, 0) is 41.8 Å². The van der Waals surface area contributed by atoms with Crippen LogP contribution in [0.2, 0.25) is 0 Å². The lowest BCUT2D eigenvalue weighted by Gasteiger charge is -2.25. The standard InChI is InChI=1S/C17H14BrFN2.ClH/c18-14-4-2-1-3-12(14)16-17-11(7-8-20-16)13-9-10(19)5-6-15(13)21-17;/h1-6,9,16,20-21H,7-8H2;1H. The monoisotopic (exact) mass is 380 g/mol. The molecule has 0 amide bonds. The Bertz CT molecular complexity index is 831. The maximum Gasteiger partial charge on any atom is 0.123 e. The van der Waals surface area contributed by atoms with Gasteiger partial charge in [0.2, 0.25) is 0 Å². The maximum absolute atomic E-state index is 13.5. The van der Waals surface area contributed by atoms with Crippen LogP contribution in [0, 0.1) is 5.82 Å². The van der Waals surface area contributed by atoms with E-state index in [2.05, 4.69) is 32.3 Å². The van der Waals surface area contributed by atoms with Gasteiger partial charge in [0.15, 0.2) is 0 Å². The van der Waals surface area contributed by atoms with Gasteiger partial charge < -0.3 is 10.3 Å². The molecule has 0 aliphatic carbocycles. The van der Waals surface area contributed by atoms with Gasteiger partial charge in [-0.2, -0.15) is 0 Å². The Morgan fingerprint density at radius 1 is 1.14 bits per heavy atom. The highest BCUT2D eigenvalue weighted by molar-refractivity contribution is 9.10. The van der Waals surface area contributed by atoms with E-state index in [0.29, 0.717) is 0 Å². The molecule has 2 heterocycles. The summed E-state index contributed by atoms with van der Waals surface area (Å²) >= 11 is 3.63. The lowest BCUT2D eigenvalue weighted by molar-refractivity contribution is 0.558. The minimum Gasteiger partial charge on any atom is -0.357 e. The summed E-state index contributed by atoms with van der Waals surface area (Å²) in [5.41, 5.74) is 4.57. The lowest BCUT2D eigenvalue weighted by Crippen LogP contribution is -2.30. The number of hydrogen-bond donors (Lipinski definition) is 2. The molecule has 0 saturated heterocycles. The molecule has 2 nitrogen and oxygen atoms in total. The van der Waals surface area contributed by atoms with Gasteiger partial charge in [0.25, 0.3) is 0 Å². The van der Waals surface area contributed by atoms with Gasteiger partial charge in [-0.3, -0.25) is 0 Å². The number of rotatable bonds is 1. The molecule has 2 aromatic carbocycles. The van der Waals surface area contributed by atoms with E-state index < -0.39 is 0 Å². The topological polar surface area (TPSA) is 27.8 Å². The first-order valence-electron chi connectivity index (χ1n) is 7.02. The Morgan fingerprint density at radius 3 is 2.77 bits per heavy atom. The van der Waals surface area contributed by atoms with Gasteiger partial charge >= 0.3 is 0 Å². The first-order valence-corrected chi connectivity index (χ1v) is 7.81. The number of aromatic amines is 1. The number of benzene rings is 2. The second-order valence-corrected chi connectivity index (χ2v) is 6.22. The molecule has 0 saturated carbocycles. The molecule has 1 atom stereocenters. The third-order valence-corrected chi connectivity index (χ3v) is 4.85. The Morgan fingerprint density at radius 2 is 1.95 bits per heavy atom. The van der Waals surface area contributed by atoms with Crippen molar-refractivity contribution in [3.8, 4) is 0 Å². The molecular formula is C17H15BrClFN2. The van der Waals surface area contributed by atoms with Gasteiger partial charge in [-0.1, -0.05) is 34.1 Å². The summed E-state index contributed by atoms with van der Waals surface area (Å²) in [6, 6.07) is 13.3. The fraction of sp³-hybridized carbons (Fsp3) is 0.176. The second kappa shape index (κ2) is 6.03. The van der Waals surface area contributed by atoms with E-state index in [4.69, 9.17) is 0 Å². The minimum atomic E-state index is -0.180. The van der Waals surface area contributed by atoms with Crippen LogP contribution < -0.4 is 5.32 Å². The fourth-order valence-electron chi connectivity index (χ4n) is 3.17. The zero-order valence-corrected chi connectivity index (χ0v) is 14.1. The van der Waals surface area contributed by atoms with E-state index in [9.17, 15) is 4.39 Å². The van der Waals surface area contributed by atoms with Crippen LogP contribution >= 0.6 is 28.3 Å². The van der Waals surface area contributed by atoms with Crippen LogP contribution in [-0.4, -0.2) is 11.5 Å². The van der Waals surface area contributed by atoms with E-state index in [1.54, 1.807) is 6.07 Å². The molecule has 5 heteroatoms. The van der Waals surface area contributed by atoms with Crippen molar-refractivity contribution >= 4 is 39.2 Å². The van der Waals surface area contributed by atoms with Gasteiger partial charge in [-0.25, -0.2) is 4.39 Å². The molecule has 1 aliphatic heterocycles. The summed E-state index contributed by atoms with van der Waals surface area (Å²) in [4.78, 5) is 3.47. The average molecular weight is 382 g/mol. The van der Waals surface area contributed by atoms with Crippen LogP contribution in [0.15, 0.2) is 46.9 Å². The molecule has 3 aromatic rings. The third kappa shape index (κ3) is 2.45. The third-order valence-electron chi connectivity index (χ3n) is 4.13. The van der Waals surface area contributed by atoms with Gasteiger partial charge in [0.05, 0.1) is 6.04 Å². The van der Waals surface area contributed by atoms with Crippen LogP contribution in [0.1, 0.15) is 22.9 Å². The van der Waals surface area contributed by atoms with E-state index >= 15 is 0 Å². The largest absolute Gasteiger partial charge is 0.357 e. The number of H-pyrrole nitrogens is 1. The average Bonchev–Trinajstić information content (AvgIpc) is 2.86. The highest BCUT2D eigenvalue weighted by atomic mass is 79.9.